The van der Waals surface area contributed by atoms with Crippen LogP contribution in [0.15, 0.2) is 54.7 Å². The molecule has 1 saturated heterocycles. The summed E-state index contributed by atoms with van der Waals surface area (Å²) in [5, 5.41) is 6.95. The van der Waals surface area contributed by atoms with Crippen LogP contribution in [0.1, 0.15) is 32.5 Å². The fourth-order valence-electron chi connectivity index (χ4n) is 3.59. The third-order valence-corrected chi connectivity index (χ3v) is 4.98. The molecule has 32 heavy (non-hydrogen) atoms. The van der Waals surface area contributed by atoms with E-state index in [1.165, 1.54) is 25.9 Å². The molecular formula is C25H33N5O2. The molecule has 0 bridgehead atoms. The van der Waals surface area contributed by atoms with Crippen LogP contribution in [0.5, 0.6) is 11.5 Å². The molecule has 0 unspecified atom stereocenters. The number of methoxy groups -OCH3 is 1. The number of ether oxygens (including phenoxy) is 2. The third-order valence-electron chi connectivity index (χ3n) is 4.98. The van der Waals surface area contributed by atoms with Gasteiger partial charge >= 0.3 is 0 Å². The van der Waals surface area contributed by atoms with E-state index in [4.69, 9.17) is 9.72 Å². The van der Waals surface area contributed by atoms with E-state index in [1.54, 1.807) is 20.4 Å². The second-order valence-electron chi connectivity index (χ2n) is 7.35. The molecule has 5 rings (SSSR count). The molecule has 170 valence electrons. The van der Waals surface area contributed by atoms with Crippen molar-refractivity contribution in [1.29, 1.82) is 0 Å². The summed E-state index contributed by atoms with van der Waals surface area (Å²) in [7, 11) is 3.25. The number of H-pyrrole nitrogens is 2. The molecule has 0 saturated carbocycles. The van der Waals surface area contributed by atoms with Crippen LogP contribution >= 0.6 is 0 Å². The van der Waals surface area contributed by atoms with Crippen molar-refractivity contribution in [3.8, 4) is 22.8 Å². The Morgan fingerprint density at radius 2 is 1.62 bits per heavy atom. The van der Waals surface area contributed by atoms with Crippen molar-refractivity contribution in [2.75, 3.05) is 27.3 Å². The van der Waals surface area contributed by atoms with Crippen LogP contribution in [-0.4, -0.2) is 52.4 Å². The topological polar surface area (TPSA) is 79.1 Å². The van der Waals surface area contributed by atoms with Crippen LogP contribution in [0, 0.1) is 0 Å². The minimum absolute atomic E-state index is 0.799. The minimum Gasteiger partial charge on any atom is -0.457 e. The molecular weight excluding hydrogens is 402 g/mol. The number of likely N-dealkylation sites (tertiary alicyclic amines) is 1. The van der Waals surface area contributed by atoms with Gasteiger partial charge < -0.3 is 14.5 Å². The number of hydrogen-bond acceptors (Lipinski definition) is 5. The number of benzene rings is 2. The van der Waals surface area contributed by atoms with Gasteiger partial charge in [0, 0.05) is 26.5 Å². The lowest BCUT2D eigenvalue weighted by atomic mass is 10.1. The van der Waals surface area contributed by atoms with Crippen molar-refractivity contribution < 1.29 is 9.47 Å². The van der Waals surface area contributed by atoms with Gasteiger partial charge in [-0.3, -0.25) is 10.00 Å². The van der Waals surface area contributed by atoms with E-state index in [2.05, 4.69) is 24.8 Å². The van der Waals surface area contributed by atoms with E-state index in [1.807, 2.05) is 62.4 Å². The van der Waals surface area contributed by atoms with Crippen molar-refractivity contribution in [3.63, 3.8) is 0 Å². The standard InChI is InChI=1S/C21H21N5O.C2H6O.C2H6/c1-2-12-26(11-1)14-21-23-19-8-7-17(13-20(19)24-21)27-16-5-3-15(4-6-16)18-9-10-22-25-18;1-3-2;1-2/h3-10,13H,1-2,11-12,14H2,(H,22,25)(H,23,24);1-2H3;1-2H3. The van der Waals surface area contributed by atoms with Crippen molar-refractivity contribution >= 4 is 11.0 Å². The van der Waals surface area contributed by atoms with Crippen LogP contribution in [0.3, 0.4) is 0 Å². The SMILES string of the molecule is CC.COC.c1cc(-c2ccc(Oc3ccc4nc(CN5CCCC5)[nH]c4c3)cc2)[nH]n1. The Kier molecular flexibility index (Phi) is 8.83. The highest BCUT2D eigenvalue weighted by Gasteiger charge is 2.14. The lowest BCUT2D eigenvalue weighted by molar-refractivity contribution is 0.277. The summed E-state index contributed by atoms with van der Waals surface area (Å²) >= 11 is 0. The molecule has 2 aromatic heterocycles. The second kappa shape index (κ2) is 12.0. The summed E-state index contributed by atoms with van der Waals surface area (Å²) < 4.78 is 10.3. The molecule has 0 aliphatic carbocycles. The molecule has 7 heteroatoms. The largest absolute Gasteiger partial charge is 0.457 e. The molecule has 0 radical (unpaired) electrons. The van der Waals surface area contributed by atoms with E-state index in [0.29, 0.717) is 0 Å². The Labute approximate surface area is 189 Å². The molecule has 1 aliphatic rings. The van der Waals surface area contributed by atoms with Gasteiger partial charge in [-0.2, -0.15) is 5.10 Å². The number of hydrogen-bond donors (Lipinski definition) is 2. The van der Waals surface area contributed by atoms with E-state index in [-0.39, 0.29) is 0 Å². The summed E-state index contributed by atoms with van der Waals surface area (Å²) in [4.78, 5) is 10.6. The van der Waals surface area contributed by atoms with Crippen LogP contribution in [0.4, 0.5) is 0 Å². The molecule has 2 N–H and O–H groups in total. The zero-order valence-electron chi connectivity index (χ0n) is 19.4. The Morgan fingerprint density at radius 1 is 0.938 bits per heavy atom. The first-order valence-electron chi connectivity index (χ1n) is 11.1. The molecule has 1 fully saturated rings. The zero-order valence-corrected chi connectivity index (χ0v) is 19.4. The molecule has 0 amide bonds. The smallest absolute Gasteiger partial charge is 0.129 e. The molecule has 4 aromatic rings. The lowest BCUT2D eigenvalue weighted by Crippen LogP contribution is -2.19. The number of rotatable bonds is 5. The van der Waals surface area contributed by atoms with Gasteiger partial charge in [-0.05, 0) is 74.0 Å². The van der Waals surface area contributed by atoms with Crippen LogP contribution < -0.4 is 4.74 Å². The number of nitrogens with zero attached hydrogens (tertiary/aromatic N) is 3. The fourth-order valence-corrected chi connectivity index (χ4v) is 3.59. The summed E-state index contributed by atoms with van der Waals surface area (Å²) in [6.07, 6.45) is 4.33. The van der Waals surface area contributed by atoms with Gasteiger partial charge in [0.05, 0.1) is 23.3 Å². The van der Waals surface area contributed by atoms with Crippen LogP contribution in [-0.2, 0) is 11.3 Å². The summed E-state index contributed by atoms with van der Waals surface area (Å²) in [6, 6.07) is 15.9. The first-order chi connectivity index (χ1) is 15.7. The number of fused-ring (bicyclic) bond motifs is 1. The van der Waals surface area contributed by atoms with E-state index < -0.39 is 0 Å². The predicted molar refractivity (Wildman–Crippen MR) is 129 cm³/mol. The van der Waals surface area contributed by atoms with Crippen molar-refractivity contribution in [1.82, 2.24) is 25.1 Å². The van der Waals surface area contributed by atoms with Gasteiger partial charge in [0.15, 0.2) is 0 Å². The number of aromatic nitrogens is 4. The van der Waals surface area contributed by atoms with E-state index >= 15 is 0 Å². The van der Waals surface area contributed by atoms with Gasteiger partial charge in [-0.25, -0.2) is 4.98 Å². The fraction of sp³-hybridized carbons (Fsp3) is 0.360. The van der Waals surface area contributed by atoms with E-state index in [0.717, 1.165) is 46.2 Å². The maximum Gasteiger partial charge on any atom is 0.129 e. The Morgan fingerprint density at radius 3 is 2.28 bits per heavy atom. The maximum absolute atomic E-state index is 6.02. The maximum atomic E-state index is 6.02. The Bertz CT molecular complexity index is 1050. The quantitative estimate of drug-likeness (QED) is 0.425. The average molecular weight is 436 g/mol. The predicted octanol–water partition coefficient (Wildman–Crippen LogP) is 5.63. The van der Waals surface area contributed by atoms with Gasteiger partial charge in [0.2, 0.25) is 0 Å². The van der Waals surface area contributed by atoms with Crippen molar-refractivity contribution in [2.24, 2.45) is 0 Å². The van der Waals surface area contributed by atoms with Gasteiger partial charge in [0.25, 0.3) is 0 Å². The van der Waals surface area contributed by atoms with Crippen LogP contribution in [0.2, 0.25) is 0 Å². The summed E-state index contributed by atoms with van der Waals surface area (Å²) in [5.74, 6) is 2.62. The monoisotopic (exact) mass is 435 g/mol. The number of aromatic amines is 2. The molecule has 0 spiro atoms. The molecule has 3 heterocycles. The minimum atomic E-state index is 0.799. The van der Waals surface area contributed by atoms with Crippen molar-refractivity contribution in [2.45, 2.75) is 33.2 Å². The summed E-state index contributed by atoms with van der Waals surface area (Å²) in [5.41, 5.74) is 4.06. The normalized spacial score (nSPS) is 13.2. The first-order valence-corrected chi connectivity index (χ1v) is 11.1. The summed E-state index contributed by atoms with van der Waals surface area (Å²) in [6.45, 7) is 7.22. The third kappa shape index (κ3) is 6.18. The highest BCUT2D eigenvalue weighted by Crippen LogP contribution is 2.27. The molecule has 0 atom stereocenters. The van der Waals surface area contributed by atoms with Gasteiger partial charge in [-0.15, -0.1) is 0 Å². The highest BCUT2D eigenvalue weighted by molar-refractivity contribution is 5.77. The number of imidazole rings is 1. The van der Waals surface area contributed by atoms with Crippen LogP contribution in [0.25, 0.3) is 22.3 Å². The molecule has 2 aromatic carbocycles. The zero-order chi connectivity index (χ0) is 22.8. The Hall–Kier alpha value is -3.16. The number of nitrogens with one attached hydrogen (secondary N) is 2. The Balaban J connectivity index is 0.000000536. The highest BCUT2D eigenvalue weighted by atomic mass is 16.5. The molecule has 7 nitrogen and oxygen atoms in total. The van der Waals surface area contributed by atoms with Gasteiger partial charge in [0.1, 0.15) is 17.3 Å². The average Bonchev–Trinajstić information content (AvgIpc) is 3.58. The second-order valence-corrected chi connectivity index (χ2v) is 7.35. The molecule has 1 aliphatic heterocycles. The van der Waals surface area contributed by atoms with E-state index in [9.17, 15) is 0 Å². The lowest BCUT2D eigenvalue weighted by Gasteiger charge is -2.11. The van der Waals surface area contributed by atoms with Gasteiger partial charge in [-0.1, -0.05) is 13.8 Å². The van der Waals surface area contributed by atoms with Crippen molar-refractivity contribution in [3.05, 3.63) is 60.6 Å². The first kappa shape index (κ1) is 23.5.